The van der Waals surface area contributed by atoms with Gasteiger partial charge in [-0.1, -0.05) is 56.8 Å². The SMILES string of the molecule is CCC(CC)CC(/C(C(=O)O)=C(\O)C(=O)O)(N(C)C)C1(c2ccc(Cl)cc2)CCC1. The molecule has 1 unspecified atom stereocenters. The predicted octanol–water partition coefficient (Wildman–Crippen LogP) is 4.87. The maximum absolute atomic E-state index is 12.5. The zero-order valence-corrected chi connectivity index (χ0v) is 18.9. The summed E-state index contributed by atoms with van der Waals surface area (Å²) in [7, 11) is 3.55. The van der Waals surface area contributed by atoms with E-state index in [-0.39, 0.29) is 5.92 Å². The van der Waals surface area contributed by atoms with Crippen molar-refractivity contribution in [2.45, 2.75) is 63.3 Å². The first-order valence-corrected chi connectivity index (χ1v) is 10.8. The summed E-state index contributed by atoms with van der Waals surface area (Å²) >= 11 is 6.10. The summed E-state index contributed by atoms with van der Waals surface area (Å²) < 4.78 is 0. The minimum atomic E-state index is -1.63. The molecule has 1 aliphatic carbocycles. The molecule has 1 aromatic carbocycles. The minimum absolute atomic E-state index is 0.160. The number of benzene rings is 1. The fraction of sp³-hybridized carbons (Fsp3) is 0.565. The molecule has 6 nitrogen and oxygen atoms in total. The van der Waals surface area contributed by atoms with Gasteiger partial charge in [-0.05, 0) is 57.0 Å². The molecule has 0 bridgehead atoms. The molecule has 3 N–H and O–H groups in total. The maximum Gasteiger partial charge on any atom is 0.371 e. The second-order valence-corrected chi connectivity index (χ2v) is 8.85. The molecule has 0 aromatic heterocycles. The van der Waals surface area contributed by atoms with Crippen LogP contribution < -0.4 is 0 Å². The highest BCUT2D eigenvalue weighted by molar-refractivity contribution is 6.30. The van der Waals surface area contributed by atoms with Crippen LogP contribution in [0.15, 0.2) is 35.6 Å². The van der Waals surface area contributed by atoms with E-state index in [2.05, 4.69) is 0 Å². The number of rotatable bonds is 10. The standard InChI is InChI=1S/C23H32ClNO5/c1-5-15(6-2)14-23(25(3)4,18(20(27)28)19(26)21(29)30)22(12-7-13-22)16-8-10-17(24)11-9-16/h8-11,15,26H,5-7,12-14H2,1-4H3,(H,27,28)(H,29,30)/b19-18-. The van der Waals surface area contributed by atoms with Crippen molar-refractivity contribution in [2.24, 2.45) is 5.92 Å². The Hall–Kier alpha value is -2.05. The van der Waals surface area contributed by atoms with E-state index in [0.29, 0.717) is 24.3 Å². The first kappa shape index (κ1) is 24.2. The Morgan fingerprint density at radius 1 is 1.07 bits per heavy atom. The number of aliphatic hydroxyl groups is 1. The molecule has 7 heteroatoms. The average molecular weight is 438 g/mol. The van der Waals surface area contributed by atoms with Crippen molar-refractivity contribution in [1.29, 1.82) is 0 Å². The normalized spacial score (nSPS) is 18.5. The number of carboxylic acids is 2. The van der Waals surface area contributed by atoms with Crippen molar-refractivity contribution in [3.05, 3.63) is 46.2 Å². The van der Waals surface area contributed by atoms with Crippen LogP contribution in [0.1, 0.15) is 57.9 Å². The lowest BCUT2D eigenvalue weighted by Gasteiger charge is -2.60. The number of hydrogen-bond donors (Lipinski definition) is 3. The van der Waals surface area contributed by atoms with E-state index < -0.39 is 34.2 Å². The first-order valence-electron chi connectivity index (χ1n) is 10.4. The Morgan fingerprint density at radius 2 is 1.60 bits per heavy atom. The summed E-state index contributed by atoms with van der Waals surface area (Å²) in [5, 5.41) is 30.8. The minimum Gasteiger partial charge on any atom is -0.501 e. The molecule has 0 saturated heterocycles. The van der Waals surface area contributed by atoms with Gasteiger partial charge in [0.05, 0.1) is 5.54 Å². The lowest BCUT2D eigenvalue weighted by atomic mass is 9.49. The molecular formula is C23H32ClNO5. The number of carboxylic acid groups (broad SMARTS) is 2. The first-order chi connectivity index (χ1) is 14.1. The summed E-state index contributed by atoms with van der Waals surface area (Å²) in [6, 6.07) is 7.33. The average Bonchev–Trinajstić information content (AvgIpc) is 2.65. The van der Waals surface area contributed by atoms with Crippen molar-refractivity contribution in [1.82, 2.24) is 4.90 Å². The summed E-state index contributed by atoms with van der Waals surface area (Å²) in [4.78, 5) is 26.1. The zero-order valence-electron chi connectivity index (χ0n) is 18.1. The van der Waals surface area contributed by atoms with Crippen LogP contribution in [0.3, 0.4) is 0 Å². The van der Waals surface area contributed by atoms with Gasteiger partial charge in [0.25, 0.3) is 0 Å². The lowest BCUT2D eigenvalue weighted by molar-refractivity contribution is -0.141. The van der Waals surface area contributed by atoms with Crippen LogP contribution >= 0.6 is 11.6 Å². The molecule has 1 aromatic rings. The van der Waals surface area contributed by atoms with Crippen molar-refractivity contribution >= 4 is 23.5 Å². The molecule has 1 saturated carbocycles. The molecule has 166 valence electrons. The summed E-state index contributed by atoms with van der Waals surface area (Å²) in [6.45, 7) is 4.09. The van der Waals surface area contributed by atoms with Gasteiger partial charge in [-0.25, -0.2) is 9.59 Å². The third-order valence-corrected chi connectivity index (χ3v) is 7.22. The monoisotopic (exact) mass is 437 g/mol. The maximum atomic E-state index is 12.5. The van der Waals surface area contributed by atoms with Crippen LogP contribution in [0, 0.1) is 5.92 Å². The van der Waals surface area contributed by atoms with E-state index in [1.165, 1.54) is 0 Å². The smallest absolute Gasteiger partial charge is 0.371 e. The molecule has 0 heterocycles. The highest BCUT2D eigenvalue weighted by Gasteiger charge is 2.62. The number of carbonyl (C=O) groups is 2. The van der Waals surface area contributed by atoms with Crippen molar-refractivity contribution < 1.29 is 24.9 Å². The number of nitrogens with zero attached hydrogens (tertiary/aromatic N) is 1. The number of likely N-dealkylation sites (N-methyl/N-ethyl adjacent to an activating group) is 1. The van der Waals surface area contributed by atoms with E-state index >= 15 is 0 Å². The number of halogens is 1. The molecule has 0 amide bonds. The van der Waals surface area contributed by atoms with Gasteiger partial charge in [-0.15, -0.1) is 0 Å². The topological polar surface area (TPSA) is 98.1 Å². The molecule has 30 heavy (non-hydrogen) atoms. The summed E-state index contributed by atoms with van der Waals surface area (Å²) in [5.74, 6) is -3.97. The van der Waals surface area contributed by atoms with E-state index in [9.17, 15) is 24.9 Å². The van der Waals surface area contributed by atoms with Gasteiger partial charge in [0.15, 0.2) is 0 Å². The summed E-state index contributed by atoms with van der Waals surface area (Å²) in [6.07, 6.45) is 4.34. The lowest BCUT2D eigenvalue weighted by Crippen LogP contribution is -2.66. The van der Waals surface area contributed by atoms with Gasteiger partial charge >= 0.3 is 11.9 Å². The van der Waals surface area contributed by atoms with E-state index in [4.69, 9.17) is 11.6 Å². The second kappa shape index (κ2) is 9.40. The highest BCUT2D eigenvalue weighted by atomic mass is 35.5. The Labute approximate surface area is 183 Å². The van der Waals surface area contributed by atoms with Gasteiger partial charge < -0.3 is 15.3 Å². The Bertz CT molecular complexity index is 809. The molecular weight excluding hydrogens is 406 g/mol. The van der Waals surface area contributed by atoms with E-state index in [0.717, 1.165) is 24.8 Å². The van der Waals surface area contributed by atoms with Crippen LogP contribution in [-0.4, -0.2) is 51.8 Å². The van der Waals surface area contributed by atoms with Crippen LogP contribution in [0.25, 0.3) is 0 Å². The van der Waals surface area contributed by atoms with E-state index in [1.54, 1.807) is 26.2 Å². The Kier molecular flexibility index (Phi) is 7.59. The summed E-state index contributed by atoms with van der Waals surface area (Å²) in [5.41, 5.74) is -1.39. The largest absolute Gasteiger partial charge is 0.501 e. The Balaban J connectivity index is 2.92. The highest BCUT2D eigenvalue weighted by Crippen LogP contribution is 2.58. The molecule has 2 rings (SSSR count). The molecule has 1 atom stereocenters. The molecule has 1 fully saturated rings. The quantitative estimate of drug-likeness (QED) is 0.357. The van der Waals surface area contributed by atoms with Crippen molar-refractivity contribution in [2.75, 3.05) is 14.1 Å². The number of aliphatic carboxylic acids is 2. The molecule has 0 radical (unpaired) electrons. The van der Waals surface area contributed by atoms with Gasteiger partial charge in [-0.2, -0.15) is 0 Å². The van der Waals surface area contributed by atoms with Crippen LogP contribution in [0.2, 0.25) is 5.02 Å². The zero-order chi connectivity index (χ0) is 22.7. The van der Waals surface area contributed by atoms with Gasteiger partial charge in [0.2, 0.25) is 5.76 Å². The number of aliphatic hydroxyl groups excluding tert-OH is 1. The third-order valence-electron chi connectivity index (χ3n) is 6.96. The molecule has 0 aliphatic heterocycles. The molecule has 0 spiro atoms. The fourth-order valence-corrected chi connectivity index (χ4v) is 5.31. The van der Waals surface area contributed by atoms with Gasteiger partial charge in [-0.3, -0.25) is 4.90 Å². The fourth-order valence-electron chi connectivity index (χ4n) is 5.19. The van der Waals surface area contributed by atoms with Gasteiger partial charge in [0, 0.05) is 10.4 Å². The third kappa shape index (κ3) is 3.95. The van der Waals surface area contributed by atoms with Crippen LogP contribution in [0.5, 0.6) is 0 Å². The van der Waals surface area contributed by atoms with Gasteiger partial charge in [0.1, 0.15) is 5.57 Å². The van der Waals surface area contributed by atoms with E-state index in [1.807, 2.05) is 30.9 Å². The molecule has 1 aliphatic rings. The van der Waals surface area contributed by atoms with Crippen LogP contribution in [0.4, 0.5) is 0 Å². The van der Waals surface area contributed by atoms with Crippen LogP contribution in [-0.2, 0) is 15.0 Å². The predicted molar refractivity (Wildman–Crippen MR) is 117 cm³/mol. The number of hydrogen-bond acceptors (Lipinski definition) is 4. The van der Waals surface area contributed by atoms with Crippen molar-refractivity contribution in [3.63, 3.8) is 0 Å². The Morgan fingerprint density at radius 3 is 1.93 bits per heavy atom. The van der Waals surface area contributed by atoms with Crippen molar-refractivity contribution in [3.8, 4) is 0 Å². The second-order valence-electron chi connectivity index (χ2n) is 8.42.